The quantitative estimate of drug-likeness (QED) is 0.144. The summed E-state index contributed by atoms with van der Waals surface area (Å²) in [6.45, 7) is 0. The number of rotatable bonds is 8. The SMILES string of the molecule is Fc1ccc(N(c2ccc(F)cc2)c2ccc3c(c2)C(c2ccccc2)(c2ccccc2)c2cc(N(c4ccc(F)cc4)c4ccc(F)cc4)ccc2-3)cc1. The number of fused-ring (bicyclic) bond motifs is 3. The third-order valence-corrected chi connectivity index (χ3v) is 10.4. The zero-order valence-corrected chi connectivity index (χ0v) is 29.4. The molecule has 0 radical (unpaired) electrons. The molecule has 0 fully saturated rings. The molecule has 266 valence electrons. The third kappa shape index (κ3) is 5.92. The Balaban J connectivity index is 1.32. The lowest BCUT2D eigenvalue weighted by atomic mass is 9.67. The summed E-state index contributed by atoms with van der Waals surface area (Å²) in [6.07, 6.45) is 0. The van der Waals surface area contributed by atoms with Gasteiger partial charge in [0.2, 0.25) is 0 Å². The summed E-state index contributed by atoms with van der Waals surface area (Å²) in [5.41, 5.74) is 9.84. The van der Waals surface area contributed by atoms with Crippen molar-refractivity contribution in [1.29, 1.82) is 0 Å². The highest BCUT2D eigenvalue weighted by atomic mass is 19.1. The van der Waals surface area contributed by atoms with Gasteiger partial charge in [0, 0.05) is 34.1 Å². The Kier molecular flexibility index (Phi) is 8.51. The van der Waals surface area contributed by atoms with Gasteiger partial charge in [0.1, 0.15) is 23.3 Å². The smallest absolute Gasteiger partial charge is 0.123 e. The number of benzene rings is 8. The molecular formula is C49H32F4N2. The van der Waals surface area contributed by atoms with E-state index in [1.54, 1.807) is 48.5 Å². The van der Waals surface area contributed by atoms with Crippen molar-refractivity contribution in [2.24, 2.45) is 0 Å². The summed E-state index contributed by atoms with van der Waals surface area (Å²) >= 11 is 0. The Morgan fingerprint density at radius 2 is 0.564 bits per heavy atom. The molecule has 0 bridgehead atoms. The lowest BCUT2D eigenvalue weighted by molar-refractivity contribution is 0.627. The molecule has 8 aromatic rings. The van der Waals surface area contributed by atoms with Crippen LogP contribution in [0.2, 0.25) is 0 Å². The third-order valence-electron chi connectivity index (χ3n) is 10.4. The summed E-state index contributed by atoms with van der Waals surface area (Å²) in [5.74, 6) is -1.42. The van der Waals surface area contributed by atoms with Crippen LogP contribution in [0.5, 0.6) is 0 Å². The normalized spacial score (nSPS) is 12.5. The Morgan fingerprint density at radius 1 is 0.291 bits per heavy atom. The van der Waals surface area contributed by atoms with Crippen molar-refractivity contribution in [2.45, 2.75) is 5.41 Å². The van der Waals surface area contributed by atoms with Gasteiger partial charge >= 0.3 is 0 Å². The minimum atomic E-state index is -0.826. The molecule has 0 amide bonds. The minimum Gasteiger partial charge on any atom is -0.310 e. The zero-order chi connectivity index (χ0) is 37.5. The summed E-state index contributed by atoms with van der Waals surface area (Å²) in [5, 5.41) is 0. The fourth-order valence-corrected chi connectivity index (χ4v) is 8.00. The van der Waals surface area contributed by atoms with Crippen LogP contribution in [-0.2, 0) is 5.41 Å². The molecule has 8 aromatic carbocycles. The maximum atomic E-state index is 14.3. The van der Waals surface area contributed by atoms with E-state index in [9.17, 15) is 17.6 Å². The predicted octanol–water partition coefficient (Wildman–Crippen LogP) is 13.5. The van der Waals surface area contributed by atoms with Crippen molar-refractivity contribution in [3.8, 4) is 11.1 Å². The average molecular weight is 725 g/mol. The van der Waals surface area contributed by atoms with Crippen molar-refractivity contribution >= 4 is 34.1 Å². The van der Waals surface area contributed by atoms with Gasteiger partial charge in [-0.25, -0.2) is 17.6 Å². The largest absolute Gasteiger partial charge is 0.310 e. The van der Waals surface area contributed by atoms with Crippen LogP contribution in [0, 0.1) is 23.3 Å². The van der Waals surface area contributed by atoms with E-state index >= 15 is 0 Å². The second-order valence-corrected chi connectivity index (χ2v) is 13.5. The van der Waals surface area contributed by atoms with Gasteiger partial charge < -0.3 is 9.80 Å². The van der Waals surface area contributed by atoms with Crippen LogP contribution in [0.1, 0.15) is 22.3 Å². The van der Waals surface area contributed by atoms with Gasteiger partial charge in [-0.1, -0.05) is 72.8 Å². The molecule has 0 N–H and O–H groups in total. The van der Waals surface area contributed by atoms with Gasteiger partial charge in [-0.05, 0) is 155 Å². The van der Waals surface area contributed by atoms with E-state index in [0.29, 0.717) is 22.7 Å². The van der Waals surface area contributed by atoms with E-state index in [1.807, 2.05) is 58.3 Å². The molecular weight excluding hydrogens is 693 g/mol. The van der Waals surface area contributed by atoms with Gasteiger partial charge in [-0.2, -0.15) is 0 Å². The van der Waals surface area contributed by atoms with E-state index in [2.05, 4.69) is 48.5 Å². The van der Waals surface area contributed by atoms with Crippen molar-refractivity contribution in [2.75, 3.05) is 9.80 Å². The monoisotopic (exact) mass is 724 g/mol. The van der Waals surface area contributed by atoms with Crippen molar-refractivity contribution < 1.29 is 17.6 Å². The number of nitrogens with zero attached hydrogens (tertiary/aromatic N) is 2. The van der Waals surface area contributed by atoms with E-state index in [4.69, 9.17) is 0 Å². The molecule has 0 aliphatic heterocycles. The Hall–Kier alpha value is -6.92. The van der Waals surface area contributed by atoms with Gasteiger partial charge in [0.05, 0.1) is 5.41 Å². The Labute approximate surface area is 316 Å². The van der Waals surface area contributed by atoms with Crippen molar-refractivity contribution in [1.82, 2.24) is 0 Å². The molecule has 9 rings (SSSR count). The van der Waals surface area contributed by atoms with Crippen molar-refractivity contribution in [3.05, 3.63) is 240 Å². The summed E-state index contributed by atoms with van der Waals surface area (Å²) in [4.78, 5) is 4.00. The molecule has 0 atom stereocenters. The summed E-state index contributed by atoms with van der Waals surface area (Å²) in [7, 11) is 0. The fourth-order valence-electron chi connectivity index (χ4n) is 8.00. The number of hydrogen-bond acceptors (Lipinski definition) is 2. The first-order valence-corrected chi connectivity index (χ1v) is 17.9. The van der Waals surface area contributed by atoms with E-state index in [0.717, 1.165) is 44.8 Å². The van der Waals surface area contributed by atoms with Crippen LogP contribution < -0.4 is 9.80 Å². The molecule has 1 aliphatic carbocycles. The molecule has 2 nitrogen and oxygen atoms in total. The first kappa shape index (κ1) is 33.9. The summed E-state index contributed by atoms with van der Waals surface area (Å²) in [6, 6.07) is 58.5. The first-order chi connectivity index (χ1) is 26.9. The van der Waals surface area contributed by atoms with Crippen LogP contribution >= 0.6 is 0 Å². The number of halogens is 4. The molecule has 0 saturated carbocycles. The van der Waals surface area contributed by atoms with Gasteiger partial charge in [0.25, 0.3) is 0 Å². The molecule has 0 spiro atoms. The number of anilines is 6. The molecule has 0 saturated heterocycles. The zero-order valence-electron chi connectivity index (χ0n) is 29.4. The Morgan fingerprint density at radius 3 is 0.855 bits per heavy atom. The van der Waals surface area contributed by atoms with Gasteiger partial charge in [-0.3, -0.25) is 0 Å². The van der Waals surface area contributed by atoms with Crippen LogP contribution in [0.15, 0.2) is 194 Å². The maximum Gasteiger partial charge on any atom is 0.123 e. The van der Waals surface area contributed by atoms with Crippen LogP contribution in [0.3, 0.4) is 0 Å². The highest BCUT2D eigenvalue weighted by Crippen LogP contribution is 2.58. The van der Waals surface area contributed by atoms with Gasteiger partial charge in [-0.15, -0.1) is 0 Å². The summed E-state index contributed by atoms with van der Waals surface area (Å²) < 4.78 is 57.0. The minimum absolute atomic E-state index is 0.356. The lowest BCUT2D eigenvalue weighted by Gasteiger charge is -2.35. The van der Waals surface area contributed by atoms with E-state index < -0.39 is 5.41 Å². The molecule has 6 heteroatoms. The fraction of sp³-hybridized carbons (Fsp3) is 0.0204. The highest BCUT2D eigenvalue weighted by Gasteiger charge is 2.47. The Bertz CT molecular complexity index is 2330. The van der Waals surface area contributed by atoms with Crippen LogP contribution in [0.4, 0.5) is 51.7 Å². The van der Waals surface area contributed by atoms with Gasteiger partial charge in [0.15, 0.2) is 0 Å². The molecule has 0 unspecified atom stereocenters. The van der Waals surface area contributed by atoms with E-state index in [1.165, 1.54) is 48.5 Å². The second-order valence-electron chi connectivity index (χ2n) is 13.5. The molecule has 0 heterocycles. The molecule has 55 heavy (non-hydrogen) atoms. The second kappa shape index (κ2) is 13.8. The topological polar surface area (TPSA) is 6.48 Å². The maximum absolute atomic E-state index is 14.3. The van der Waals surface area contributed by atoms with Crippen LogP contribution in [-0.4, -0.2) is 0 Å². The van der Waals surface area contributed by atoms with E-state index in [-0.39, 0.29) is 23.3 Å². The van der Waals surface area contributed by atoms with Crippen LogP contribution in [0.25, 0.3) is 11.1 Å². The average Bonchev–Trinajstić information content (AvgIpc) is 3.51. The number of hydrogen-bond donors (Lipinski definition) is 0. The molecule has 0 aromatic heterocycles. The predicted molar refractivity (Wildman–Crippen MR) is 213 cm³/mol. The standard InChI is InChI=1S/C49H32F4N2/c50-35-11-19-39(20-12-35)54(40-21-13-36(51)14-22-40)43-27-29-45-46-30-28-44(55(41-23-15-37(52)16-24-41)42-25-17-38(53)18-26-42)32-48(46)49(47(45)31-43,33-7-3-1-4-8-33)34-9-5-2-6-10-34/h1-32H. The lowest BCUT2D eigenvalue weighted by Crippen LogP contribution is -2.29. The first-order valence-electron chi connectivity index (χ1n) is 17.9. The van der Waals surface area contributed by atoms with Crippen molar-refractivity contribution in [3.63, 3.8) is 0 Å². The highest BCUT2D eigenvalue weighted by molar-refractivity contribution is 5.91. The molecule has 1 aliphatic rings.